The van der Waals surface area contributed by atoms with E-state index < -0.39 is 0 Å². The van der Waals surface area contributed by atoms with E-state index in [1.807, 2.05) is 6.08 Å². The van der Waals surface area contributed by atoms with Crippen LogP contribution in [0.25, 0.3) is 6.08 Å². The molecule has 1 nitrogen and oxygen atoms in total. The third-order valence-electron chi connectivity index (χ3n) is 1.95. The Bertz CT molecular complexity index is 287. The van der Waals surface area contributed by atoms with E-state index in [1.54, 1.807) is 0 Å². The van der Waals surface area contributed by atoms with Crippen molar-refractivity contribution >= 4 is 11.8 Å². The summed E-state index contributed by atoms with van der Waals surface area (Å²) < 4.78 is 0. The Morgan fingerprint density at radius 1 is 1.33 bits per heavy atom. The van der Waals surface area contributed by atoms with Crippen molar-refractivity contribution in [3.63, 3.8) is 0 Å². The summed E-state index contributed by atoms with van der Waals surface area (Å²) in [6.45, 7) is 5.86. The first kappa shape index (κ1) is 8.85. The molecule has 1 aromatic carbocycles. The maximum atomic E-state index is 3.74. The van der Waals surface area contributed by atoms with Crippen LogP contribution in [0.1, 0.15) is 11.1 Å². The Morgan fingerprint density at radius 2 is 2.00 bits per heavy atom. The molecule has 0 fully saturated rings. The van der Waals surface area contributed by atoms with Gasteiger partial charge in [-0.3, -0.25) is 0 Å². The van der Waals surface area contributed by atoms with Crippen LogP contribution in [0.5, 0.6) is 0 Å². The van der Waals surface area contributed by atoms with E-state index in [2.05, 4.69) is 50.7 Å². The van der Waals surface area contributed by atoms with E-state index >= 15 is 0 Å². The molecule has 0 N–H and O–H groups in total. The fraction of sp³-hybridized carbons (Fsp3) is 0.273. The van der Waals surface area contributed by atoms with Crippen molar-refractivity contribution in [3.05, 3.63) is 35.9 Å². The fourth-order valence-corrected chi connectivity index (χ4v) is 1.24. The molecule has 0 aliphatic carbocycles. The van der Waals surface area contributed by atoms with E-state index in [-0.39, 0.29) is 0 Å². The lowest BCUT2D eigenvalue weighted by atomic mass is 10.1. The summed E-state index contributed by atoms with van der Waals surface area (Å²) >= 11 is 0. The fourth-order valence-electron chi connectivity index (χ4n) is 1.24. The first-order valence-electron chi connectivity index (χ1n) is 4.05. The highest BCUT2D eigenvalue weighted by atomic mass is 15.1. The molecule has 0 unspecified atom stereocenters. The predicted molar refractivity (Wildman–Crippen MR) is 55.6 cm³/mol. The van der Waals surface area contributed by atoms with Gasteiger partial charge >= 0.3 is 0 Å². The Balaban J connectivity index is 3.16. The van der Waals surface area contributed by atoms with Crippen molar-refractivity contribution in [2.75, 3.05) is 19.0 Å². The first-order chi connectivity index (χ1) is 5.65. The van der Waals surface area contributed by atoms with Crippen LogP contribution in [0.3, 0.4) is 0 Å². The average Bonchev–Trinajstić information content (AvgIpc) is 2.05. The minimum Gasteiger partial charge on any atom is -0.377 e. The molecule has 0 bridgehead atoms. The van der Waals surface area contributed by atoms with E-state index in [0.717, 1.165) is 0 Å². The molecule has 0 atom stereocenters. The summed E-state index contributed by atoms with van der Waals surface area (Å²) in [7, 11) is 4.10. The molecule has 1 heteroatoms. The maximum Gasteiger partial charge on any atom is 0.0396 e. The molecule has 0 spiro atoms. The van der Waals surface area contributed by atoms with Crippen molar-refractivity contribution in [1.29, 1.82) is 0 Å². The molecular formula is C11H15N. The third-order valence-corrected chi connectivity index (χ3v) is 1.95. The normalized spacial score (nSPS) is 9.58. The molecule has 0 aliphatic heterocycles. The standard InChI is InChI=1S/C11H15N/c1-5-10-7-6-9(2)11(8-10)12(3)4/h5-8H,1H2,2-4H3. The molecule has 1 rings (SSSR count). The monoisotopic (exact) mass is 161 g/mol. The molecule has 0 saturated carbocycles. The topological polar surface area (TPSA) is 3.24 Å². The number of hydrogen-bond donors (Lipinski definition) is 0. The van der Waals surface area contributed by atoms with E-state index in [1.165, 1.54) is 16.8 Å². The van der Waals surface area contributed by atoms with Crippen LogP contribution in [0.2, 0.25) is 0 Å². The Labute approximate surface area is 74.3 Å². The van der Waals surface area contributed by atoms with Gasteiger partial charge in [0.25, 0.3) is 0 Å². The highest BCUT2D eigenvalue weighted by Gasteiger charge is 1.99. The van der Waals surface area contributed by atoms with Gasteiger partial charge in [-0.15, -0.1) is 0 Å². The van der Waals surface area contributed by atoms with Gasteiger partial charge < -0.3 is 4.90 Å². The van der Waals surface area contributed by atoms with Gasteiger partial charge in [0.1, 0.15) is 0 Å². The van der Waals surface area contributed by atoms with Crippen LogP contribution >= 0.6 is 0 Å². The van der Waals surface area contributed by atoms with E-state index in [0.29, 0.717) is 0 Å². The zero-order chi connectivity index (χ0) is 9.14. The van der Waals surface area contributed by atoms with Crippen LogP contribution < -0.4 is 4.90 Å². The van der Waals surface area contributed by atoms with Gasteiger partial charge in [-0.2, -0.15) is 0 Å². The Kier molecular flexibility index (Phi) is 2.54. The third kappa shape index (κ3) is 1.67. The highest BCUT2D eigenvalue weighted by molar-refractivity contribution is 5.60. The van der Waals surface area contributed by atoms with Crippen molar-refractivity contribution in [2.24, 2.45) is 0 Å². The molecular weight excluding hydrogens is 146 g/mol. The van der Waals surface area contributed by atoms with Crippen LogP contribution in [-0.4, -0.2) is 14.1 Å². The number of anilines is 1. The second-order valence-electron chi connectivity index (χ2n) is 3.14. The number of rotatable bonds is 2. The predicted octanol–water partition coefficient (Wildman–Crippen LogP) is 2.70. The van der Waals surface area contributed by atoms with Crippen molar-refractivity contribution < 1.29 is 0 Å². The average molecular weight is 161 g/mol. The second-order valence-corrected chi connectivity index (χ2v) is 3.14. The minimum absolute atomic E-state index is 1.17. The van der Waals surface area contributed by atoms with Crippen molar-refractivity contribution in [1.82, 2.24) is 0 Å². The summed E-state index contributed by atoms with van der Waals surface area (Å²) in [6.07, 6.45) is 1.87. The number of aryl methyl sites for hydroxylation is 1. The van der Waals surface area contributed by atoms with Crippen molar-refractivity contribution in [2.45, 2.75) is 6.92 Å². The first-order valence-corrected chi connectivity index (χ1v) is 4.05. The second kappa shape index (κ2) is 3.44. The van der Waals surface area contributed by atoms with Gasteiger partial charge in [0.15, 0.2) is 0 Å². The molecule has 0 aromatic heterocycles. The zero-order valence-corrected chi connectivity index (χ0v) is 7.96. The van der Waals surface area contributed by atoms with Gasteiger partial charge in [-0.05, 0) is 24.1 Å². The summed E-state index contributed by atoms with van der Waals surface area (Å²) in [4.78, 5) is 2.11. The molecule has 0 radical (unpaired) electrons. The molecule has 64 valence electrons. The summed E-state index contributed by atoms with van der Waals surface area (Å²) in [6, 6.07) is 6.34. The van der Waals surface area contributed by atoms with E-state index in [9.17, 15) is 0 Å². The summed E-state index contributed by atoms with van der Waals surface area (Å²) in [5, 5.41) is 0. The lowest BCUT2D eigenvalue weighted by Crippen LogP contribution is -2.10. The van der Waals surface area contributed by atoms with Crippen LogP contribution in [0.4, 0.5) is 5.69 Å². The highest BCUT2D eigenvalue weighted by Crippen LogP contribution is 2.19. The van der Waals surface area contributed by atoms with Gasteiger partial charge in [0.05, 0.1) is 0 Å². The number of hydrogen-bond acceptors (Lipinski definition) is 1. The number of nitrogens with zero attached hydrogens (tertiary/aromatic N) is 1. The van der Waals surface area contributed by atoms with E-state index in [4.69, 9.17) is 0 Å². The lowest BCUT2D eigenvalue weighted by molar-refractivity contribution is 1.11. The maximum absolute atomic E-state index is 3.74. The molecule has 12 heavy (non-hydrogen) atoms. The summed E-state index contributed by atoms with van der Waals surface area (Å²) in [5.74, 6) is 0. The Morgan fingerprint density at radius 3 is 2.50 bits per heavy atom. The van der Waals surface area contributed by atoms with Gasteiger partial charge in [-0.25, -0.2) is 0 Å². The van der Waals surface area contributed by atoms with Crippen molar-refractivity contribution in [3.8, 4) is 0 Å². The van der Waals surface area contributed by atoms with Gasteiger partial charge in [0, 0.05) is 19.8 Å². The molecule has 0 aliphatic rings. The van der Waals surface area contributed by atoms with Gasteiger partial charge in [0.2, 0.25) is 0 Å². The zero-order valence-electron chi connectivity index (χ0n) is 7.96. The molecule has 1 aromatic rings. The summed E-state index contributed by atoms with van der Waals surface area (Å²) in [5.41, 5.74) is 3.72. The van der Waals surface area contributed by atoms with Crippen LogP contribution in [-0.2, 0) is 0 Å². The largest absolute Gasteiger partial charge is 0.377 e. The lowest BCUT2D eigenvalue weighted by Gasteiger charge is -2.15. The number of benzene rings is 1. The molecule has 0 amide bonds. The Hall–Kier alpha value is -1.24. The SMILES string of the molecule is C=Cc1ccc(C)c(N(C)C)c1. The van der Waals surface area contributed by atoms with Crippen LogP contribution in [0.15, 0.2) is 24.8 Å². The minimum atomic E-state index is 1.17. The van der Waals surface area contributed by atoms with Crippen LogP contribution in [0, 0.1) is 6.92 Å². The van der Waals surface area contributed by atoms with Gasteiger partial charge in [-0.1, -0.05) is 24.8 Å². The quantitative estimate of drug-likeness (QED) is 0.644. The molecule has 0 heterocycles. The smallest absolute Gasteiger partial charge is 0.0396 e. The molecule has 0 saturated heterocycles.